The molecule has 3 unspecified atom stereocenters. The van der Waals surface area contributed by atoms with Gasteiger partial charge in [0.15, 0.2) is 0 Å². The van der Waals surface area contributed by atoms with Crippen LogP contribution < -0.4 is 10.2 Å². The van der Waals surface area contributed by atoms with Gasteiger partial charge in [0.25, 0.3) is 0 Å². The number of nitrogens with one attached hydrogen (secondary N) is 1. The summed E-state index contributed by atoms with van der Waals surface area (Å²) in [6.45, 7) is 11.6. The Morgan fingerprint density at radius 2 is 2.19 bits per heavy atom. The third kappa shape index (κ3) is 4.21. The van der Waals surface area contributed by atoms with Gasteiger partial charge in [-0.25, -0.2) is 0 Å². The van der Waals surface area contributed by atoms with Crippen LogP contribution in [0.3, 0.4) is 0 Å². The van der Waals surface area contributed by atoms with E-state index in [2.05, 4.69) is 72.0 Å². The standard InChI is InChI=1S/C17H27BrN2O/c1-5-8-19-14(4)16-9-15(18)6-7-17(16)20-10-13(3)21-11-12(20)2/h6-7,9,12-14,19H,5,8,10-11H2,1-4H3. The maximum Gasteiger partial charge on any atom is 0.0723 e. The van der Waals surface area contributed by atoms with Crippen LogP contribution in [-0.2, 0) is 4.74 Å². The number of nitrogens with zero attached hydrogens (tertiary/aromatic N) is 1. The van der Waals surface area contributed by atoms with Gasteiger partial charge in [0.1, 0.15) is 0 Å². The Balaban J connectivity index is 2.29. The molecule has 0 saturated carbocycles. The molecule has 1 aromatic carbocycles. The molecule has 118 valence electrons. The summed E-state index contributed by atoms with van der Waals surface area (Å²) in [7, 11) is 0. The Labute approximate surface area is 137 Å². The van der Waals surface area contributed by atoms with Crippen LogP contribution in [0, 0.1) is 0 Å². The number of morpholine rings is 1. The molecular formula is C17H27BrN2O. The maximum atomic E-state index is 5.76. The van der Waals surface area contributed by atoms with Crippen molar-refractivity contribution in [3.63, 3.8) is 0 Å². The molecule has 4 heteroatoms. The van der Waals surface area contributed by atoms with E-state index < -0.39 is 0 Å². The molecular weight excluding hydrogens is 328 g/mol. The minimum absolute atomic E-state index is 0.289. The number of ether oxygens (including phenoxy) is 1. The first-order chi connectivity index (χ1) is 10.0. The number of anilines is 1. The van der Waals surface area contributed by atoms with Gasteiger partial charge in [-0.2, -0.15) is 0 Å². The molecule has 0 aliphatic carbocycles. The molecule has 2 rings (SSSR count). The topological polar surface area (TPSA) is 24.5 Å². The molecule has 21 heavy (non-hydrogen) atoms. The summed E-state index contributed by atoms with van der Waals surface area (Å²) in [5.41, 5.74) is 2.69. The quantitative estimate of drug-likeness (QED) is 0.860. The highest BCUT2D eigenvalue weighted by Crippen LogP contribution is 2.32. The van der Waals surface area contributed by atoms with E-state index in [9.17, 15) is 0 Å². The second-order valence-corrected chi connectivity index (χ2v) is 6.94. The van der Waals surface area contributed by atoms with E-state index in [0.717, 1.165) is 30.6 Å². The van der Waals surface area contributed by atoms with Gasteiger partial charge < -0.3 is 15.0 Å². The minimum Gasteiger partial charge on any atom is -0.375 e. The van der Waals surface area contributed by atoms with Crippen LogP contribution in [0.5, 0.6) is 0 Å². The minimum atomic E-state index is 0.289. The van der Waals surface area contributed by atoms with Gasteiger partial charge in [0, 0.05) is 28.8 Å². The number of hydrogen-bond acceptors (Lipinski definition) is 3. The molecule has 1 aromatic rings. The van der Waals surface area contributed by atoms with Crippen LogP contribution in [-0.4, -0.2) is 31.8 Å². The molecule has 1 N–H and O–H groups in total. The monoisotopic (exact) mass is 354 g/mol. The Morgan fingerprint density at radius 1 is 1.43 bits per heavy atom. The number of benzene rings is 1. The second-order valence-electron chi connectivity index (χ2n) is 6.02. The van der Waals surface area contributed by atoms with E-state index in [-0.39, 0.29) is 6.10 Å². The number of rotatable bonds is 5. The molecule has 1 fully saturated rings. The molecule has 0 bridgehead atoms. The lowest BCUT2D eigenvalue weighted by molar-refractivity contribution is 0.0343. The van der Waals surface area contributed by atoms with Crippen molar-refractivity contribution in [3.05, 3.63) is 28.2 Å². The zero-order chi connectivity index (χ0) is 15.4. The first-order valence-corrected chi connectivity index (χ1v) is 8.73. The SMILES string of the molecule is CCCNC(C)c1cc(Br)ccc1N1CC(C)OCC1C. The van der Waals surface area contributed by atoms with Gasteiger partial charge in [-0.1, -0.05) is 22.9 Å². The Morgan fingerprint density at radius 3 is 2.90 bits per heavy atom. The highest BCUT2D eigenvalue weighted by Gasteiger charge is 2.26. The predicted molar refractivity (Wildman–Crippen MR) is 93.1 cm³/mol. The zero-order valence-electron chi connectivity index (χ0n) is 13.5. The van der Waals surface area contributed by atoms with Gasteiger partial charge in [-0.05, 0) is 57.5 Å². The van der Waals surface area contributed by atoms with E-state index in [1.165, 1.54) is 11.3 Å². The lowest BCUT2D eigenvalue weighted by Crippen LogP contribution is -2.48. The van der Waals surface area contributed by atoms with Crippen molar-refractivity contribution >= 4 is 21.6 Å². The van der Waals surface area contributed by atoms with E-state index >= 15 is 0 Å². The lowest BCUT2D eigenvalue weighted by Gasteiger charge is -2.40. The summed E-state index contributed by atoms with van der Waals surface area (Å²) < 4.78 is 6.90. The average molecular weight is 355 g/mol. The maximum absolute atomic E-state index is 5.76. The van der Waals surface area contributed by atoms with Gasteiger partial charge >= 0.3 is 0 Å². The van der Waals surface area contributed by atoms with Crippen molar-refractivity contribution in [1.29, 1.82) is 0 Å². The van der Waals surface area contributed by atoms with Crippen LogP contribution in [0.2, 0.25) is 0 Å². The Hall–Kier alpha value is -0.580. The lowest BCUT2D eigenvalue weighted by atomic mass is 10.0. The van der Waals surface area contributed by atoms with Crippen molar-refractivity contribution in [2.45, 2.75) is 52.3 Å². The van der Waals surface area contributed by atoms with E-state index in [1.807, 2.05) is 0 Å². The molecule has 3 nitrogen and oxygen atoms in total. The molecule has 0 aromatic heterocycles. The molecule has 0 spiro atoms. The third-order valence-electron chi connectivity index (χ3n) is 4.07. The van der Waals surface area contributed by atoms with Crippen molar-refractivity contribution < 1.29 is 4.74 Å². The summed E-state index contributed by atoms with van der Waals surface area (Å²) in [6, 6.07) is 7.38. The fourth-order valence-corrected chi connectivity index (χ4v) is 3.22. The van der Waals surface area contributed by atoms with Crippen LogP contribution in [0.4, 0.5) is 5.69 Å². The molecule has 1 aliphatic heterocycles. The van der Waals surface area contributed by atoms with Crippen molar-refractivity contribution in [1.82, 2.24) is 5.32 Å². The third-order valence-corrected chi connectivity index (χ3v) is 4.57. The van der Waals surface area contributed by atoms with Gasteiger partial charge in [0.2, 0.25) is 0 Å². The van der Waals surface area contributed by atoms with Gasteiger partial charge in [0.05, 0.1) is 12.7 Å². The average Bonchev–Trinajstić information content (AvgIpc) is 2.47. The number of hydrogen-bond donors (Lipinski definition) is 1. The van der Waals surface area contributed by atoms with Crippen molar-refractivity contribution in [2.24, 2.45) is 0 Å². The van der Waals surface area contributed by atoms with Crippen molar-refractivity contribution in [3.8, 4) is 0 Å². The van der Waals surface area contributed by atoms with Crippen LogP contribution >= 0.6 is 15.9 Å². The summed E-state index contributed by atoms with van der Waals surface area (Å²) >= 11 is 3.61. The van der Waals surface area contributed by atoms with Crippen molar-refractivity contribution in [2.75, 3.05) is 24.6 Å². The highest BCUT2D eigenvalue weighted by molar-refractivity contribution is 9.10. The Kier molecular flexibility index (Phi) is 6.08. The summed E-state index contributed by atoms with van der Waals surface area (Å²) in [5, 5.41) is 3.60. The zero-order valence-corrected chi connectivity index (χ0v) is 15.1. The van der Waals surface area contributed by atoms with E-state index in [1.54, 1.807) is 0 Å². The predicted octanol–water partition coefficient (Wildman–Crippen LogP) is 4.12. The van der Waals surface area contributed by atoms with Crippen LogP contribution in [0.15, 0.2) is 22.7 Å². The molecule has 1 heterocycles. The van der Waals surface area contributed by atoms with Gasteiger partial charge in [-0.3, -0.25) is 0 Å². The van der Waals surface area contributed by atoms with Crippen LogP contribution in [0.1, 0.15) is 45.7 Å². The first-order valence-electron chi connectivity index (χ1n) is 7.94. The summed E-state index contributed by atoms with van der Waals surface area (Å²) in [6.07, 6.45) is 1.44. The Bertz CT molecular complexity index is 466. The highest BCUT2D eigenvalue weighted by atomic mass is 79.9. The van der Waals surface area contributed by atoms with Crippen LogP contribution in [0.25, 0.3) is 0 Å². The second kappa shape index (κ2) is 7.61. The molecule has 0 radical (unpaired) electrons. The normalized spacial score (nSPS) is 24.1. The fourth-order valence-electron chi connectivity index (χ4n) is 2.84. The smallest absolute Gasteiger partial charge is 0.0723 e. The van der Waals surface area contributed by atoms with E-state index in [0.29, 0.717) is 12.1 Å². The first kappa shape index (κ1) is 16.8. The summed E-state index contributed by atoms with van der Waals surface area (Å²) in [4.78, 5) is 2.49. The summed E-state index contributed by atoms with van der Waals surface area (Å²) in [5.74, 6) is 0. The molecule has 0 amide bonds. The largest absolute Gasteiger partial charge is 0.375 e. The van der Waals surface area contributed by atoms with Gasteiger partial charge in [-0.15, -0.1) is 0 Å². The number of halogens is 1. The fraction of sp³-hybridized carbons (Fsp3) is 0.647. The molecule has 3 atom stereocenters. The van der Waals surface area contributed by atoms with E-state index in [4.69, 9.17) is 4.74 Å². The molecule has 1 aliphatic rings. The molecule has 1 saturated heterocycles.